The Morgan fingerprint density at radius 3 is 2.71 bits per heavy atom. The Morgan fingerprint density at radius 2 is 2.18 bits per heavy atom. The minimum absolute atomic E-state index is 0.142. The molecular weight excluding hydrogens is 244 g/mol. The fourth-order valence-electron chi connectivity index (χ4n) is 1.07. The lowest BCUT2D eigenvalue weighted by molar-refractivity contribution is -0.113. The highest BCUT2D eigenvalue weighted by molar-refractivity contribution is 7.88. The second-order valence-electron chi connectivity index (χ2n) is 3.56. The molecule has 1 amide bonds. The van der Waals surface area contributed by atoms with Gasteiger partial charge in [0.2, 0.25) is 15.9 Å². The maximum Gasteiger partial charge on any atom is 0.241 e. The van der Waals surface area contributed by atoms with E-state index in [1.807, 2.05) is 0 Å². The SMILES string of the molecule is CN(Cc1ccc(/C=C/C(N)=O)o1)S(C)(=O)=O. The van der Waals surface area contributed by atoms with Gasteiger partial charge in [-0.1, -0.05) is 0 Å². The molecular formula is C10H14N2O4S. The van der Waals surface area contributed by atoms with Crippen molar-refractivity contribution in [2.75, 3.05) is 13.3 Å². The van der Waals surface area contributed by atoms with E-state index in [0.29, 0.717) is 11.5 Å². The quantitative estimate of drug-likeness (QED) is 0.762. The van der Waals surface area contributed by atoms with E-state index in [9.17, 15) is 13.2 Å². The van der Waals surface area contributed by atoms with Crippen LogP contribution in [0.1, 0.15) is 11.5 Å². The van der Waals surface area contributed by atoms with E-state index in [1.54, 1.807) is 12.1 Å². The highest BCUT2D eigenvalue weighted by Gasteiger charge is 2.13. The molecule has 0 aromatic carbocycles. The largest absolute Gasteiger partial charge is 0.460 e. The van der Waals surface area contributed by atoms with Crippen molar-refractivity contribution >= 4 is 22.0 Å². The second-order valence-corrected chi connectivity index (χ2v) is 5.65. The van der Waals surface area contributed by atoms with Crippen molar-refractivity contribution in [3.63, 3.8) is 0 Å². The highest BCUT2D eigenvalue weighted by atomic mass is 32.2. The van der Waals surface area contributed by atoms with Gasteiger partial charge < -0.3 is 10.2 Å². The van der Waals surface area contributed by atoms with Crippen LogP contribution in [0.4, 0.5) is 0 Å². The molecule has 7 heteroatoms. The Labute approximate surface area is 99.7 Å². The number of hydrogen-bond donors (Lipinski definition) is 1. The van der Waals surface area contributed by atoms with Crippen molar-refractivity contribution in [3.05, 3.63) is 29.7 Å². The van der Waals surface area contributed by atoms with E-state index in [4.69, 9.17) is 10.2 Å². The molecule has 0 aliphatic carbocycles. The van der Waals surface area contributed by atoms with Crippen LogP contribution in [0, 0.1) is 0 Å². The summed E-state index contributed by atoms with van der Waals surface area (Å²) in [6.45, 7) is 0.142. The van der Waals surface area contributed by atoms with Crippen molar-refractivity contribution in [1.82, 2.24) is 4.31 Å². The van der Waals surface area contributed by atoms with E-state index in [1.165, 1.54) is 19.2 Å². The van der Waals surface area contributed by atoms with E-state index >= 15 is 0 Å². The summed E-state index contributed by atoms with van der Waals surface area (Å²) in [5, 5.41) is 0. The van der Waals surface area contributed by atoms with Gasteiger partial charge in [-0.25, -0.2) is 8.42 Å². The smallest absolute Gasteiger partial charge is 0.241 e. The Bertz CT molecular complexity index is 530. The van der Waals surface area contributed by atoms with Gasteiger partial charge in [0.05, 0.1) is 12.8 Å². The summed E-state index contributed by atoms with van der Waals surface area (Å²) in [7, 11) is -1.78. The van der Waals surface area contributed by atoms with Gasteiger partial charge in [-0.3, -0.25) is 4.79 Å². The van der Waals surface area contributed by atoms with Crippen molar-refractivity contribution in [1.29, 1.82) is 0 Å². The average Bonchev–Trinajstić information content (AvgIpc) is 2.61. The predicted octanol–water partition coefficient (Wildman–Crippen LogP) is 0.170. The number of carbonyl (C=O) groups is 1. The molecule has 0 saturated carbocycles. The molecule has 2 N–H and O–H groups in total. The van der Waals surface area contributed by atoms with Gasteiger partial charge in [0.15, 0.2) is 0 Å². The zero-order valence-electron chi connectivity index (χ0n) is 9.58. The topological polar surface area (TPSA) is 93.6 Å². The number of primary amides is 1. The van der Waals surface area contributed by atoms with Gasteiger partial charge in [-0.15, -0.1) is 0 Å². The van der Waals surface area contributed by atoms with Crippen LogP contribution in [-0.4, -0.2) is 31.9 Å². The molecule has 0 spiro atoms. The van der Waals surface area contributed by atoms with Crippen molar-refractivity contribution in [2.45, 2.75) is 6.54 Å². The van der Waals surface area contributed by atoms with Crippen LogP contribution in [0.3, 0.4) is 0 Å². The molecule has 1 heterocycles. The molecule has 1 aromatic rings. The lowest BCUT2D eigenvalue weighted by atomic mass is 10.4. The van der Waals surface area contributed by atoms with E-state index < -0.39 is 15.9 Å². The van der Waals surface area contributed by atoms with Crippen LogP contribution in [-0.2, 0) is 21.4 Å². The molecule has 0 bridgehead atoms. The molecule has 0 atom stereocenters. The van der Waals surface area contributed by atoms with Crippen LogP contribution >= 0.6 is 0 Å². The van der Waals surface area contributed by atoms with Crippen LogP contribution in [0.2, 0.25) is 0 Å². The van der Waals surface area contributed by atoms with Crippen LogP contribution in [0.25, 0.3) is 6.08 Å². The van der Waals surface area contributed by atoms with Gasteiger partial charge in [-0.2, -0.15) is 4.31 Å². The molecule has 0 fully saturated rings. The normalized spacial score (nSPS) is 12.4. The third-order valence-electron chi connectivity index (χ3n) is 2.04. The van der Waals surface area contributed by atoms with Gasteiger partial charge in [0, 0.05) is 13.1 Å². The Balaban J connectivity index is 2.73. The lowest BCUT2D eigenvalue weighted by Gasteiger charge is -2.11. The van der Waals surface area contributed by atoms with E-state index in [0.717, 1.165) is 10.6 Å². The Hall–Kier alpha value is -1.60. The first-order valence-electron chi connectivity index (χ1n) is 4.76. The molecule has 0 aliphatic rings. The number of furan rings is 1. The zero-order chi connectivity index (χ0) is 13.1. The maximum absolute atomic E-state index is 11.2. The molecule has 0 unspecified atom stereocenters. The number of hydrogen-bond acceptors (Lipinski definition) is 4. The fourth-order valence-corrected chi connectivity index (χ4v) is 1.43. The first-order valence-corrected chi connectivity index (χ1v) is 6.61. The van der Waals surface area contributed by atoms with Crippen LogP contribution < -0.4 is 5.73 Å². The molecule has 0 radical (unpaired) electrons. The number of nitrogens with zero attached hydrogens (tertiary/aromatic N) is 1. The number of nitrogens with two attached hydrogens (primary N) is 1. The van der Waals surface area contributed by atoms with Gasteiger partial charge in [0.1, 0.15) is 11.5 Å². The first-order chi connectivity index (χ1) is 7.79. The molecule has 6 nitrogen and oxygen atoms in total. The summed E-state index contributed by atoms with van der Waals surface area (Å²) in [6.07, 6.45) is 3.71. The zero-order valence-corrected chi connectivity index (χ0v) is 10.4. The van der Waals surface area contributed by atoms with Gasteiger partial charge in [0.25, 0.3) is 0 Å². The average molecular weight is 258 g/mol. The van der Waals surface area contributed by atoms with Crippen molar-refractivity contribution < 1.29 is 17.6 Å². The number of carbonyl (C=O) groups excluding carboxylic acids is 1. The minimum atomic E-state index is -3.24. The molecule has 94 valence electrons. The maximum atomic E-state index is 11.2. The summed E-state index contributed by atoms with van der Waals surface area (Å²) in [5.41, 5.74) is 4.93. The fraction of sp³-hybridized carbons (Fsp3) is 0.300. The third-order valence-corrected chi connectivity index (χ3v) is 3.30. The Kier molecular flexibility index (Phi) is 4.08. The van der Waals surface area contributed by atoms with Crippen LogP contribution in [0.5, 0.6) is 0 Å². The summed E-state index contributed by atoms with van der Waals surface area (Å²) >= 11 is 0. The number of rotatable bonds is 5. The minimum Gasteiger partial charge on any atom is -0.460 e. The Morgan fingerprint density at radius 1 is 1.53 bits per heavy atom. The second kappa shape index (κ2) is 5.15. The van der Waals surface area contributed by atoms with E-state index in [-0.39, 0.29) is 6.54 Å². The summed E-state index contributed by atoms with van der Waals surface area (Å²) in [6, 6.07) is 3.27. The molecule has 0 saturated heterocycles. The summed E-state index contributed by atoms with van der Waals surface area (Å²) in [4.78, 5) is 10.5. The molecule has 1 aromatic heterocycles. The number of sulfonamides is 1. The van der Waals surface area contributed by atoms with E-state index in [2.05, 4.69) is 0 Å². The molecule has 17 heavy (non-hydrogen) atoms. The van der Waals surface area contributed by atoms with Gasteiger partial charge >= 0.3 is 0 Å². The standard InChI is InChI=1S/C10H14N2O4S/c1-12(17(2,14)15)7-9-4-3-8(16-9)5-6-10(11)13/h3-6H,7H2,1-2H3,(H2,11,13)/b6-5+. The molecule has 1 rings (SSSR count). The van der Waals surface area contributed by atoms with Crippen LogP contribution in [0.15, 0.2) is 22.6 Å². The van der Waals surface area contributed by atoms with Crippen molar-refractivity contribution in [3.8, 4) is 0 Å². The third kappa shape index (κ3) is 4.41. The first kappa shape index (κ1) is 13.5. The summed E-state index contributed by atoms with van der Waals surface area (Å²) in [5.74, 6) is 0.360. The van der Waals surface area contributed by atoms with Gasteiger partial charge in [-0.05, 0) is 18.2 Å². The lowest BCUT2D eigenvalue weighted by Crippen LogP contribution is -2.24. The van der Waals surface area contributed by atoms with Crippen molar-refractivity contribution in [2.24, 2.45) is 5.73 Å². The monoisotopic (exact) mass is 258 g/mol. The highest BCUT2D eigenvalue weighted by Crippen LogP contribution is 2.12. The number of amides is 1. The predicted molar refractivity (Wildman–Crippen MR) is 63.2 cm³/mol. The molecule has 0 aliphatic heterocycles. The summed E-state index contributed by atoms with van der Waals surface area (Å²) < 4.78 is 28.8.